The van der Waals surface area contributed by atoms with Gasteiger partial charge in [0, 0.05) is 6.54 Å². The maximum Gasteiger partial charge on any atom is 0.421 e. The molecule has 1 rings (SSSR count). The molecular weight excluding hydrogens is 258 g/mol. The van der Waals surface area contributed by atoms with Gasteiger partial charge in [-0.25, -0.2) is 9.52 Å². The van der Waals surface area contributed by atoms with E-state index in [-0.39, 0.29) is 12.5 Å². The highest BCUT2D eigenvalue weighted by molar-refractivity contribution is 7.88. The van der Waals surface area contributed by atoms with Crippen molar-refractivity contribution in [2.24, 2.45) is 17.6 Å². The largest absolute Gasteiger partial charge is 0.449 e. The highest BCUT2D eigenvalue weighted by Crippen LogP contribution is 2.30. The lowest BCUT2D eigenvalue weighted by molar-refractivity contribution is 0.158. The second-order valence-corrected chi connectivity index (χ2v) is 5.86. The molecule has 1 aliphatic carbocycles. The molecule has 0 aliphatic heterocycles. The highest BCUT2D eigenvalue weighted by atomic mass is 32.2. The Morgan fingerprint density at radius 3 is 2.67 bits per heavy atom. The molecule has 0 saturated heterocycles. The monoisotopic (exact) mass is 279 g/mol. The van der Waals surface area contributed by atoms with Gasteiger partial charge in [0.15, 0.2) is 0 Å². The number of nitrogens with two attached hydrogens (primary N) is 1. The lowest BCUT2D eigenvalue weighted by Gasteiger charge is -2.18. The van der Waals surface area contributed by atoms with E-state index in [4.69, 9.17) is 5.73 Å². The third kappa shape index (κ3) is 4.79. The lowest BCUT2D eigenvalue weighted by atomic mass is 9.97. The van der Waals surface area contributed by atoms with Crippen molar-refractivity contribution in [1.82, 2.24) is 9.44 Å². The molecule has 0 heterocycles. The average molecular weight is 279 g/mol. The summed E-state index contributed by atoms with van der Waals surface area (Å²) in [5, 5.41) is 0. The van der Waals surface area contributed by atoms with E-state index in [1.54, 1.807) is 11.6 Å². The summed E-state index contributed by atoms with van der Waals surface area (Å²) in [6, 6.07) is 0. The molecule has 1 saturated carbocycles. The highest BCUT2D eigenvalue weighted by Gasteiger charge is 2.27. The Kier molecular flexibility index (Phi) is 5.83. The first-order valence-electron chi connectivity index (χ1n) is 6.12. The van der Waals surface area contributed by atoms with Crippen molar-refractivity contribution < 1.29 is 17.9 Å². The molecule has 2 atom stereocenters. The Morgan fingerprint density at radius 2 is 2.06 bits per heavy atom. The zero-order valence-electron chi connectivity index (χ0n) is 10.5. The van der Waals surface area contributed by atoms with Gasteiger partial charge in [-0.1, -0.05) is 6.42 Å². The Labute approximate surface area is 108 Å². The molecule has 2 unspecified atom stereocenters. The summed E-state index contributed by atoms with van der Waals surface area (Å²) in [6.07, 6.45) is 2.10. The molecule has 0 spiro atoms. The first-order chi connectivity index (χ1) is 8.48. The first kappa shape index (κ1) is 15.2. The fraction of sp³-hybridized carbons (Fsp3) is 0.900. The fourth-order valence-electron chi connectivity index (χ4n) is 2.22. The maximum atomic E-state index is 11.5. The lowest BCUT2D eigenvalue weighted by Crippen LogP contribution is -2.43. The van der Waals surface area contributed by atoms with E-state index >= 15 is 0 Å². The number of carbonyl (C=O) groups is 1. The summed E-state index contributed by atoms with van der Waals surface area (Å²) in [5.41, 5.74) is 5.62. The van der Waals surface area contributed by atoms with E-state index in [2.05, 4.69) is 9.46 Å². The zero-order valence-corrected chi connectivity index (χ0v) is 11.3. The number of rotatable bonds is 6. The first-order valence-corrected chi connectivity index (χ1v) is 7.61. The number of nitrogens with one attached hydrogen (secondary N) is 2. The molecule has 8 heteroatoms. The van der Waals surface area contributed by atoms with E-state index in [0.717, 1.165) is 19.3 Å². The third-order valence-electron chi connectivity index (χ3n) is 3.15. The van der Waals surface area contributed by atoms with Gasteiger partial charge in [-0.05, 0) is 38.1 Å². The molecule has 1 amide bonds. The molecule has 0 bridgehead atoms. The van der Waals surface area contributed by atoms with Crippen molar-refractivity contribution in [3.05, 3.63) is 0 Å². The SMILES string of the molecule is CCOC(=O)NS(=O)(=O)NCC1CCCC1CN. The van der Waals surface area contributed by atoms with Gasteiger partial charge in [0.25, 0.3) is 0 Å². The summed E-state index contributed by atoms with van der Waals surface area (Å²) in [4.78, 5) is 11.0. The smallest absolute Gasteiger partial charge is 0.421 e. The van der Waals surface area contributed by atoms with Crippen LogP contribution in [0.4, 0.5) is 4.79 Å². The van der Waals surface area contributed by atoms with Crippen LogP contribution in [-0.4, -0.2) is 34.2 Å². The number of carbonyl (C=O) groups excluding carboxylic acids is 1. The third-order valence-corrected chi connectivity index (χ3v) is 4.13. The van der Waals surface area contributed by atoms with Gasteiger partial charge in [-0.3, -0.25) is 0 Å². The van der Waals surface area contributed by atoms with E-state index < -0.39 is 16.3 Å². The van der Waals surface area contributed by atoms with E-state index in [0.29, 0.717) is 19.0 Å². The summed E-state index contributed by atoms with van der Waals surface area (Å²) >= 11 is 0. The average Bonchev–Trinajstić information content (AvgIpc) is 2.73. The van der Waals surface area contributed by atoms with Gasteiger partial charge < -0.3 is 10.5 Å². The predicted molar refractivity (Wildman–Crippen MR) is 67.0 cm³/mol. The van der Waals surface area contributed by atoms with Crippen LogP contribution in [0.5, 0.6) is 0 Å². The summed E-state index contributed by atoms with van der Waals surface area (Å²) in [6.45, 7) is 2.59. The van der Waals surface area contributed by atoms with Gasteiger partial charge in [0.2, 0.25) is 0 Å². The minimum Gasteiger partial charge on any atom is -0.449 e. The number of ether oxygens (including phenoxy) is 1. The molecule has 4 N–H and O–H groups in total. The normalized spacial score (nSPS) is 23.9. The van der Waals surface area contributed by atoms with Crippen LogP contribution in [-0.2, 0) is 14.9 Å². The van der Waals surface area contributed by atoms with E-state index in [9.17, 15) is 13.2 Å². The van der Waals surface area contributed by atoms with E-state index in [1.807, 2.05) is 0 Å². The van der Waals surface area contributed by atoms with Crippen LogP contribution in [0.15, 0.2) is 0 Å². The van der Waals surface area contributed by atoms with Crippen molar-refractivity contribution in [3.63, 3.8) is 0 Å². The van der Waals surface area contributed by atoms with Crippen molar-refractivity contribution in [2.45, 2.75) is 26.2 Å². The van der Waals surface area contributed by atoms with Gasteiger partial charge >= 0.3 is 16.3 Å². The molecule has 0 aromatic heterocycles. The van der Waals surface area contributed by atoms with Gasteiger partial charge in [-0.2, -0.15) is 13.1 Å². The standard InChI is InChI=1S/C10H21N3O4S/c1-2-17-10(14)13-18(15,16)12-7-9-5-3-4-8(9)6-11/h8-9,12H,2-7,11H2,1H3,(H,13,14). The molecule has 0 aromatic carbocycles. The second kappa shape index (κ2) is 6.91. The van der Waals surface area contributed by atoms with E-state index in [1.165, 1.54) is 0 Å². The summed E-state index contributed by atoms with van der Waals surface area (Å²) in [7, 11) is -3.84. The summed E-state index contributed by atoms with van der Waals surface area (Å²) < 4.78 is 31.7. The van der Waals surface area contributed by atoms with Crippen LogP contribution in [0.25, 0.3) is 0 Å². The van der Waals surface area contributed by atoms with Crippen molar-refractivity contribution in [3.8, 4) is 0 Å². The quantitative estimate of drug-likeness (QED) is 0.631. The van der Waals surface area contributed by atoms with Gasteiger partial charge in [0.05, 0.1) is 6.61 Å². The topological polar surface area (TPSA) is 111 Å². The molecule has 7 nitrogen and oxygen atoms in total. The molecule has 1 aliphatic rings. The molecular formula is C10H21N3O4S. The second-order valence-electron chi connectivity index (χ2n) is 4.36. The molecule has 0 radical (unpaired) electrons. The Morgan fingerprint density at radius 1 is 1.39 bits per heavy atom. The molecule has 0 aromatic rings. The number of hydrogen-bond donors (Lipinski definition) is 3. The zero-order chi connectivity index (χ0) is 13.6. The molecule has 18 heavy (non-hydrogen) atoms. The Hall–Kier alpha value is -0.860. The predicted octanol–water partition coefficient (Wildman–Crippen LogP) is -0.0581. The Bertz CT molecular complexity index is 371. The number of amides is 1. The maximum absolute atomic E-state index is 11.5. The van der Waals surface area contributed by atoms with Crippen LogP contribution in [0.3, 0.4) is 0 Å². The van der Waals surface area contributed by atoms with Crippen molar-refractivity contribution in [1.29, 1.82) is 0 Å². The summed E-state index contributed by atoms with van der Waals surface area (Å²) in [5.74, 6) is 0.601. The fourth-order valence-corrected chi connectivity index (χ4v) is 3.00. The van der Waals surface area contributed by atoms with Crippen LogP contribution >= 0.6 is 0 Å². The van der Waals surface area contributed by atoms with Crippen LogP contribution < -0.4 is 15.2 Å². The molecule has 1 fully saturated rings. The minimum atomic E-state index is -3.84. The number of hydrogen-bond acceptors (Lipinski definition) is 5. The van der Waals surface area contributed by atoms with Crippen LogP contribution in [0.1, 0.15) is 26.2 Å². The minimum absolute atomic E-state index is 0.124. The van der Waals surface area contributed by atoms with Crippen molar-refractivity contribution >= 4 is 16.3 Å². The molecule has 106 valence electrons. The van der Waals surface area contributed by atoms with Crippen LogP contribution in [0, 0.1) is 11.8 Å². The van der Waals surface area contributed by atoms with Crippen molar-refractivity contribution in [2.75, 3.05) is 19.7 Å². The van der Waals surface area contributed by atoms with Gasteiger partial charge in [0.1, 0.15) is 0 Å². The van der Waals surface area contributed by atoms with Gasteiger partial charge in [-0.15, -0.1) is 0 Å². The van der Waals surface area contributed by atoms with Crippen LogP contribution in [0.2, 0.25) is 0 Å². The Balaban J connectivity index is 2.39.